The fourth-order valence-electron chi connectivity index (χ4n) is 2.79. The number of nitrogens with two attached hydrogens (primary N) is 1. The van der Waals surface area contributed by atoms with Crippen molar-refractivity contribution < 1.29 is 9.47 Å². The number of benzene rings is 1. The maximum absolute atomic E-state index is 6.13. The van der Waals surface area contributed by atoms with Gasteiger partial charge in [-0.2, -0.15) is 9.97 Å². The molecule has 0 atom stereocenters. The van der Waals surface area contributed by atoms with Gasteiger partial charge >= 0.3 is 0 Å². The van der Waals surface area contributed by atoms with Crippen LogP contribution in [0.5, 0.6) is 17.5 Å². The summed E-state index contributed by atoms with van der Waals surface area (Å²) in [4.78, 5) is 8.30. The van der Waals surface area contributed by atoms with E-state index in [-0.39, 0.29) is 6.10 Å². The van der Waals surface area contributed by atoms with Gasteiger partial charge < -0.3 is 15.2 Å². The summed E-state index contributed by atoms with van der Waals surface area (Å²) < 4.78 is 11.7. The van der Waals surface area contributed by atoms with Gasteiger partial charge in [-0.15, -0.1) is 0 Å². The average Bonchev–Trinajstić information content (AvgIpc) is 2.60. The molecular weight excluding hydrogens is 290 g/mol. The maximum atomic E-state index is 6.13. The highest BCUT2D eigenvalue weighted by Gasteiger charge is 2.19. The molecule has 122 valence electrons. The van der Waals surface area contributed by atoms with Crippen LogP contribution in [-0.4, -0.2) is 16.1 Å². The first-order chi connectivity index (χ1) is 11.3. The smallest absolute Gasteiger partial charge is 0.249 e. The first-order valence-corrected chi connectivity index (χ1v) is 8.30. The van der Waals surface area contributed by atoms with E-state index in [0.29, 0.717) is 23.2 Å². The summed E-state index contributed by atoms with van der Waals surface area (Å²) in [6.07, 6.45) is 8.40. The minimum atomic E-state index is 0.192. The quantitative estimate of drug-likeness (QED) is 0.899. The van der Waals surface area contributed by atoms with Crippen LogP contribution in [-0.2, 0) is 6.42 Å². The van der Waals surface area contributed by atoms with Crippen LogP contribution < -0.4 is 15.2 Å². The number of nitrogen functional groups attached to an aromatic ring is 1. The molecule has 5 nitrogen and oxygen atoms in total. The van der Waals surface area contributed by atoms with Gasteiger partial charge in [0, 0.05) is 0 Å². The molecule has 1 heterocycles. The van der Waals surface area contributed by atoms with Crippen molar-refractivity contribution in [2.24, 2.45) is 0 Å². The summed E-state index contributed by atoms with van der Waals surface area (Å²) in [5, 5.41) is 0. The molecule has 1 aromatic carbocycles. The standard InChI is InChI=1S/C18H23N3O2/c1-2-13-8-10-15(11-9-13)23-18-16(19)17(20-12-21-18)22-14-6-4-3-5-7-14/h8-12,14H,2-7,19H2,1H3. The molecule has 1 aliphatic carbocycles. The van der Waals surface area contributed by atoms with Gasteiger partial charge in [0.2, 0.25) is 11.8 Å². The summed E-state index contributed by atoms with van der Waals surface area (Å²) in [5.41, 5.74) is 7.75. The Hall–Kier alpha value is -2.30. The van der Waals surface area contributed by atoms with Crippen LogP contribution in [0.15, 0.2) is 30.6 Å². The molecule has 2 aromatic rings. The van der Waals surface area contributed by atoms with Crippen LogP contribution in [0.25, 0.3) is 0 Å². The molecule has 0 spiro atoms. The van der Waals surface area contributed by atoms with Gasteiger partial charge in [-0.25, -0.2) is 0 Å². The average molecular weight is 313 g/mol. The van der Waals surface area contributed by atoms with E-state index in [1.165, 1.54) is 31.2 Å². The molecule has 1 aromatic heterocycles. The largest absolute Gasteiger partial charge is 0.473 e. The Morgan fingerprint density at radius 1 is 1.04 bits per heavy atom. The molecule has 1 saturated carbocycles. The zero-order chi connectivity index (χ0) is 16.1. The molecule has 1 fully saturated rings. The van der Waals surface area contributed by atoms with E-state index in [1.807, 2.05) is 24.3 Å². The summed E-state index contributed by atoms with van der Waals surface area (Å²) in [6.45, 7) is 2.12. The van der Waals surface area contributed by atoms with Crippen molar-refractivity contribution in [3.8, 4) is 17.5 Å². The molecule has 0 radical (unpaired) electrons. The Kier molecular flexibility index (Phi) is 4.95. The van der Waals surface area contributed by atoms with Crippen LogP contribution in [0.2, 0.25) is 0 Å². The Labute approximate surface area is 136 Å². The van der Waals surface area contributed by atoms with E-state index in [4.69, 9.17) is 15.2 Å². The minimum absolute atomic E-state index is 0.192. The summed E-state index contributed by atoms with van der Waals surface area (Å²) in [7, 11) is 0. The zero-order valence-corrected chi connectivity index (χ0v) is 13.5. The van der Waals surface area contributed by atoms with E-state index in [9.17, 15) is 0 Å². The Balaban J connectivity index is 1.72. The number of ether oxygens (including phenoxy) is 2. The third kappa shape index (κ3) is 3.92. The normalized spacial score (nSPS) is 15.3. The molecule has 2 N–H and O–H groups in total. The van der Waals surface area contributed by atoms with Crippen molar-refractivity contribution in [3.05, 3.63) is 36.2 Å². The van der Waals surface area contributed by atoms with Gasteiger partial charge in [0.15, 0.2) is 5.69 Å². The van der Waals surface area contributed by atoms with Gasteiger partial charge in [0.05, 0.1) is 0 Å². The zero-order valence-electron chi connectivity index (χ0n) is 13.5. The van der Waals surface area contributed by atoms with E-state index < -0.39 is 0 Å². The number of rotatable bonds is 5. The number of anilines is 1. The number of hydrogen-bond acceptors (Lipinski definition) is 5. The second kappa shape index (κ2) is 7.31. The lowest BCUT2D eigenvalue weighted by Crippen LogP contribution is -2.21. The van der Waals surface area contributed by atoms with Crippen LogP contribution in [0.4, 0.5) is 5.69 Å². The van der Waals surface area contributed by atoms with Crippen LogP contribution in [0.1, 0.15) is 44.6 Å². The first-order valence-electron chi connectivity index (χ1n) is 8.30. The summed E-state index contributed by atoms with van der Waals surface area (Å²) in [5.74, 6) is 1.47. The predicted molar refractivity (Wildman–Crippen MR) is 89.8 cm³/mol. The van der Waals surface area contributed by atoms with Gasteiger partial charge in [-0.1, -0.05) is 25.5 Å². The van der Waals surface area contributed by atoms with Crippen LogP contribution in [0, 0.1) is 0 Å². The van der Waals surface area contributed by atoms with E-state index in [1.54, 1.807) is 0 Å². The van der Waals surface area contributed by atoms with Crippen molar-refractivity contribution in [3.63, 3.8) is 0 Å². The van der Waals surface area contributed by atoms with Crippen molar-refractivity contribution in [1.29, 1.82) is 0 Å². The second-order valence-electron chi connectivity index (χ2n) is 5.88. The SMILES string of the molecule is CCc1ccc(Oc2ncnc(OC3CCCCC3)c2N)cc1. The predicted octanol–water partition coefficient (Wildman–Crippen LogP) is 4.13. The van der Waals surface area contributed by atoms with Crippen LogP contribution >= 0.6 is 0 Å². The molecule has 0 saturated heterocycles. The molecule has 0 unspecified atom stereocenters. The molecule has 0 aliphatic heterocycles. The molecule has 3 rings (SSSR count). The fourth-order valence-corrected chi connectivity index (χ4v) is 2.79. The highest BCUT2D eigenvalue weighted by Crippen LogP contribution is 2.32. The lowest BCUT2D eigenvalue weighted by atomic mass is 9.98. The van der Waals surface area contributed by atoms with Crippen molar-refractivity contribution in [2.45, 2.75) is 51.6 Å². The lowest BCUT2D eigenvalue weighted by Gasteiger charge is -2.23. The lowest BCUT2D eigenvalue weighted by molar-refractivity contribution is 0.149. The van der Waals surface area contributed by atoms with E-state index >= 15 is 0 Å². The van der Waals surface area contributed by atoms with Crippen molar-refractivity contribution in [2.75, 3.05) is 5.73 Å². The highest BCUT2D eigenvalue weighted by atomic mass is 16.5. The Morgan fingerprint density at radius 3 is 2.43 bits per heavy atom. The summed E-state index contributed by atoms with van der Waals surface area (Å²) in [6, 6.07) is 7.91. The second-order valence-corrected chi connectivity index (χ2v) is 5.88. The Bertz CT molecular complexity index is 637. The topological polar surface area (TPSA) is 70.3 Å². The van der Waals surface area contributed by atoms with E-state index in [0.717, 1.165) is 19.3 Å². The third-order valence-corrected chi connectivity index (χ3v) is 4.19. The minimum Gasteiger partial charge on any atom is -0.473 e. The fraction of sp³-hybridized carbons (Fsp3) is 0.444. The molecule has 0 bridgehead atoms. The molecule has 1 aliphatic rings. The van der Waals surface area contributed by atoms with Crippen molar-refractivity contribution >= 4 is 5.69 Å². The molecule has 5 heteroatoms. The van der Waals surface area contributed by atoms with E-state index in [2.05, 4.69) is 16.9 Å². The number of hydrogen-bond donors (Lipinski definition) is 1. The third-order valence-electron chi connectivity index (χ3n) is 4.19. The van der Waals surface area contributed by atoms with Gasteiger partial charge in [0.1, 0.15) is 18.2 Å². The summed E-state index contributed by atoms with van der Waals surface area (Å²) >= 11 is 0. The van der Waals surface area contributed by atoms with Gasteiger partial charge in [0.25, 0.3) is 0 Å². The Morgan fingerprint density at radius 2 is 1.74 bits per heavy atom. The molecule has 0 amide bonds. The monoisotopic (exact) mass is 313 g/mol. The van der Waals surface area contributed by atoms with Crippen LogP contribution in [0.3, 0.4) is 0 Å². The number of nitrogens with zero attached hydrogens (tertiary/aromatic N) is 2. The molecular formula is C18H23N3O2. The number of aryl methyl sites for hydroxylation is 1. The first kappa shape index (κ1) is 15.6. The van der Waals surface area contributed by atoms with Crippen molar-refractivity contribution in [1.82, 2.24) is 9.97 Å². The number of aromatic nitrogens is 2. The maximum Gasteiger partial charge on any atom is 0.249 e. The highest BCUT2D eigenvalue weighted by molar-refractivity contribution is 5.56. The van der Waals surface area contributed by atoms with Gasteiger partial charge in [-0.05, 0) is 49.8 Å². The molecule has 23 heavy (non-hydrogen) atoms. The van der Waals surface area contributed by atoms with Gasteiger partial charge in [-0.3, -0.25) is 0 Å².